The van der Waals surface area contributed by atoms with Gasteiger partial charge in [0.2, 0.25) is 0 Å². The molecule has 1 aromatic carbocycles. The Morgan fingerprint density at radius 2 is 1.86 bits per heavy atom. The minimum absolute atomic E-state index is 0.102. The van der Waals surface area contributed by atoms with Gasteiger partial charge in [0.25, 0.3) is 11.8 Å². The van der Waals surface area contributed by atoms with Crippen LogP contribution in [0.25, 0.3) is 33.3 Å². The van der Waals surface area contributed by atoms with Crippen LogP contribution in [0.3, 0.4) is 0 Å². The summed E-state index contributed by atoms with van der Waals surface area (Å²) < 4.78 is 52.7. The summed E-state index contributed by atoms with van der Waals surface area (Å²) in [5.74, 6) is 2.24. The molecule has 216 valence electrons. The first-order valence-electron chi connectivity index (χ1n) is 12.0. The zero-order valence-corrected chi connectivity index (χ0v) is 22.5. The number of halogens is 5. The molecule has 42 heavy (non-hydrogen) atoms. The molecule has 4 aromatic rings. The van der Waals surface area contributed by atoms with E-state index < -0.39 is 42.7 Å². The van der Waals surface area contributed by atoms with Gasteiger partial charge in [-0.25, -0.2) is 14.4 Å². The van der Waals surface area contributed by atoms with E-state index in [-0.39, 0.29) is 16.5 Å². The lowest BCUT2D eigenvalue weighted by atomic mass is 9.98. The van der Waals surface area contributed by atoms with Crippen molar-refractivity contribution >= 4 is 45.8 Å². The van der Waals surface area contributed by atoms with Crippen molar-refractivity contribution < 1.29 is 32.3 Å². The van der Waals surface area contributed by atoms with Crippen LogP contribution in [0.2, 0.25) is 5.02 Å². The van der Waals surface area contributed by atoms with Crippen LogP contribution in [0.5, 0.6) is 0 Å². The maximum absolute atomic E-state index is 13.2. The molecule has 0 aliphatic carbocycles. The zero-order chi connectivity index (χ0) is 30.8. The van der Waals surface area contributed by atoms with Crippen LogP contribution in [-0.2, 0) is 11.8 Å². The van der Waals surface area contributed by atoms with Crippen LogP contribution in [0.1, 0.15) is 16.1 Å². The molecular formula is C28H21ClF4N6O3. The number of carbonyl (C=O) groups is 2. The number of nitrogen functional groups attached to an aromatic ring is 1. The molecule has 3 aromatic heterocycles. The summed E-state index contributed by atoms with van der Waals surface area (Å²) in [5.41, 5.74) is 9.08. The average Bonchev–Trinajstić information content (AvgIpc) is 3.25. The second-order valence-corrected chi connectivity index (χ2v) is 9.22. The summed E-state index contributed by atoms with van der Waals surface area (Å²) >= 11 is 6.33. The molecule has 5 N–H and O–H groups in total. The molecule has 4 rings (SSSR count). The highest BCUT2D eigenvalue weighted by Crippen LogP contribution is 2.44. The molecule has 0 saturated heterocycles. The van der Waals surface area contributed by atoms with Gasteiger partial charge in [0.05, 0.1) is 27.2 Å². The van der Waals surface area contributed by atoms with E-state index >= 15 is 0 Å². The van der Waals surface area contributed by atoms with E-state index in [9.17, 15) is 32.3 Å². The Kier molecular flexibility index (Phi) is 8.51. The van der Waals surface area contributed by atoms with Crippen LogP contribution in [0.15, 0.2) is 55.1 Å². The van der Waals surface area contributed by atoms with Crippen LogP contribution in [-0.4, -0.2) is 50.8 Å². The summed E-state index contributed by atoms with van der Waals surface area (Å²) in [6, 6.07) is 7.72. The fraction of sp³-hybridized carbons (Fsp3) is 0.143. The van der Waals surface area contributed by atoms with Gasteiger partial charge in [0, 0.05) is 36.3 Å². The zero-order valence-electron chi connectivity index (χ0n) is 21.7. The quantitative estimate of drug-likeness (QED) is 0.145. The van der Waals surface area contributed by atoms with Crippen LogP contribution in [0, 0.1) is 11.8 Å². The second kappa shape index (κ2) is 11.9. The smallest absolute Gasteiger partial charge is 0.384 e. The third-order valence-corrected chi connectivity index (χ3v) is 6.29. The lowest BCUT2D eigenvalue weighted by Gasteiger charge is -2.12. The Morgan fingerprint density at radius 3 is 2.45 bits per heavy atom. The van der Waals surface area contributed by atoms with Crippen LogP contribution in [0.4, 0.5) is 29.1 Å². The van der Waals surface area contributed by atoms with Crippen molar-refractivity contribution in [3.8, 4) is 34.2 Å². The summed E-state index contributed by atoms with van der Waals surface area (Å²) in [5, 5.41) is 13.5. The number of aromatic nitrogens is 3. The van der Waals surface area contributed by atoms with Crippen LogP contribution >= 0.6 is 11.6 Å². The highest BCUT2D eigenvalue weighted by Gasteiger charge is 2.29. The fourth-order valence-electron chi connectivity index (χ4n) is 4.27. The lowest BCUT2D eigenvalue weighted by molar-refractivity contribution is -0.123. The number of anilines is 2. The van der Waals surface area contributed by atoms with Gasteiger partial charge in [-0.1, -0.05) is 42.2 Å². The first-order valence-corrected chi connectivity index (χ1v) is 12.3. The number of aliphatic hydroxyl groups is 1. The number of alkyl halides is 3. The number of aliphatic hydroxyl groups excluding tert-OH is 1. The lowest BCUT2D eigenvalue weighted by Crippen LogP contribution is -2.34. The van der Waals surface area contributed by atoms with E-state index in [0.29, 0.717) is 38.9 Å². The van der Waals surface area contributed by atoms with E-state index in [4.69, 9.17) is 17.3 Å². The van der Waals surface area contributed by atoms with E-state index in [1.807, 2.05) is 0 Å². The monoisotopic (exact) mass is 600 g/mol. The molecular weight excluding hydrogens is 580 g/mol. The third-order valence-electron chi connectivity index (χ3n) is 6.00. The molecule has 3 heterocycles. The maximum Gasteiger partial charge on any atom is 0.405 e. The topological polar surface area (TPSA) is 135 Å². The number of aryl methyl sites for hydroxylation is 1. The van der Waals surface area contributed by atoms with E-state index in [2.05, 4.69) is 33.7 Å². The minimum atomic E-state index is -4.63. The number of fused-ring (bicyclic) bond motifs is 1. The summed E-state index contributed by atoms with van der Waals surface area (Å²) in [6.45, 7) is 0.990. The van der Waals surface area contributed by atoms with E-state index in [0.717, 1.165) is 0 Å². The molecule has 0 spiro atoms. The number of rotatable bonds is 6. The van der Waals surface area contributed by atoms with Gasteiger partial charge >= 0.3 is 6.18 Å². The molecule has 0 unspecified atom stereocenters. The molecule has 0 aliphatic heterocycles. The second-order valence-electron chi connectivity index (χ2n) is 8.81. The summed E-state index contributed by atoms with van der Waals surface area (Å²) in [7, 11) is 1.72. The minimum Gasteiger partial charge on any atom is -0.384 e. The Labute approximate surface area is 241 Å². The highest BCUT2D eigenvalue weighted by molar-refractivity contribution is 6.34. The van der Waals surface area contributed by atoms with E-state index in [1.165, 1.54) is 30.6 Å². The van der Waals surface area contributed by atoms with Crippen molar-refractivity contribution in [2.75, 3.05) is 24.2 Å². The van der Waals surface area contributed by atoms with Gasteiger partial charge in [0.1, 0.15) is 24.7 Å². The summed E-state index contributed by atoms with van der Waals surface area (Å²) in [4.78, 5) is 32.3. The normalized spacial score (nSPS) is 11.1. The number of nitrogens with one attached hydrogen (secondary N) is 2. The first kappa shape index (κ1) is 30.0. The Balaban J connectivity index is 1.92. The number of nitrogens with two attached hydrogens (primary N) is 1. The van der Waals surface area contributed by atoms with Crippen molar-refractivity contribution in [3.63, 3.8) is 0 Å². The highest BCUT2D eigenvalue weighted by atomic mass is 35.5. The molecule has 2 amide bonds. The Morgan fingerprint density at radius 1 is 1.17 bits per heavy atom. The molecule has 0 atom stereocenters. The fourth-order valence-corrected chi connectivity index (χ4v) is 4.52. The van der Waals surface area contributed by atoms with Gasteiger partial charge < -0.3 is 26.0 Å². The Bertz CT molecular complexity index is 1790. The number of amides is 2. The number of benzene rings is 1. The van der Waals surface area contributed by atoms with Crippen molar-refractivity contribution in [2.45, 2.75) is 6.18 Å². The number of pyridine rings is 2. The maximum atomic E-state index is 13.2. The SMILES string of the molecule is C=C(F)C(=O)Nc1ccc(-c2c(-c3cnc(C(=O)NCC(F)(F)F)c(Cl)c3)c3c(N)ncc(C#CCO)c3n2C)cc1. The largest absolute Gasteiger partial charge is 0.405 e. The molecule has 0 bridgehead atoms. The molecule has 0 fully saturated rings. The predicted molar refractivity (Wildman–Crippen MR) is 150 cm³/mol. The van der Waals surface area contributed by atoms with Gasteiger partial charge in [0.15, 0.2) is 5.83 Å². The number of hydrogen-bond donors (Lipinski definition) is 4. The van der Waals surface area contributed by atoms with Crippen LogP contribution < -0.4 is 16.4 Å². The Hall–Kier alpha value is -4.93. The number of hydrogen-bond acceptors (Lipinski definition) is 6. The average molecular weight is 601 g/mol. The van der Waals surface area contributed by atoms with Crippen molar-refractivity contribution in [1.82, 2.24) is 19.9 Å². The molecule has 0 saturated carbocycles. The first-order chi connectivity index (χ1) is 19.8. The third kappa shape index (κ3) is 6.19. The van der Waals surface area contributed by atoms with Crippen molar-refractivity contribution in [2.24, 2.45) is 7.05 Å². The van der Waals surface area contributed by atoms with Crippen molar-refractivity contribution in [3.05, 3.63) is 71.4 Å². The van der Waals surface area contributed by atoms with Gasteiger partial charge in [-0.15, -0.1) is 0 Å². The number of nitrogens with zero attached hydrogens (tertiary/aromatic N) is 3. The molecule has 9 nitrogen and oxygen atoms in total. The molecule has 0 aliphatic rings. The van der Waals surface area contributed by atoms with Gasteiger partial charge in [-0.3, -0.25) is 9.59 Å². The van der Waals surface area contributed by atoms with Gasteiger partial charge in [-0.2, -0.15) is 13.2 Å². The van der Waals surface area contributed by atoms with Gasteiger partial charge in [-0.05, 0) is 23.8 Å². The standard InChI is InChI=1S/C28H21ClF4N6O3/c1-14(30)26(41)38-18-7-5-15(6-8-18)23-20(21-24(39(23)2)16(4-3-9-40)11-36-25(21)34)17-10-19(29)22(35-12-17)27(42)37-13-28(31,32)33/h5-8,10-12,40H,1,9,13H2,2H3,(H2,34,36)(H,37,42)(H,38,41). The number of carbonyl (C=O) groups excluding carboxylic acids is 2. The van der Waals surface area contributed by atoms with Crippen molar-refractivity contribution in [1.29, 1.82) is 0 Å². The predicted octanol–water partition coefficient (Wildman–Crippen LogP) is 4.60. The molecule has 0 radical (unpaired) electrons. The summed E-state index contributed by atoms with van der Waals surface area (Å²) in [6.07, 6.45) is -1.92. The molecule has 14 heteroatoms. The van der Waals surface area contributed by atoms with E-state index in [1.54, 1.807) is 29.1 Å².